The SMILES string of the molecule is Nc1cc(C(=O)O)ccc1OCCOc1ccc(Br)cc1. The van der Waals surface area contributed by atoms with Crippen molar-refractivity contribution in [2.75, 3.05) is 18.9 Å². The van der Waals surface area contributed by atoms with Crippen LogP contribution in [0.5, 0.6) is 11.5 Å². The van der Waals surface area contributed by atoms with Crippen LogP contribution in [0.25, 0.3) is 0 Å². The smallest absolute Gasteiger partial charge is 0.335 e. The molecule has 0 aliphatic heterocycles. The Labute approximate surface area is 130 Å². The molecule has 21 heavy (non-hydrogen) atoms. The highest BCUT2D eigenvalue weighted by atomic mass is 79.9. The third kappa shape index (κ3) is 4.39. The zero-order chi connectivity index (χ0) is 15.2. The van der Waals surface area contributed by atoms with Crippen LogP contribution < -0.4 is 15.2 Å². The van der Waals surface area contributed by atoms with E-state index in [-0.39, 0.29) is 5.56 Å². The van der Waals surface area contributed by atoms with Crippen LogP contribution in [0, 0.1) is 0 Å². The van der Waals surface area contributed by atoms with E-state index in [0.717, 1.165) is 10.2 Å². The maximum absolute atomic E-state index is 10.8. The number of aromatic carboxylic acids is 1. The van der Waals surface area contributed by atoms with E-state index in [9.17, 15) is 4.79 Å². The summed E-state index contributed by atoms with van der Waals surface area (Å²) in [7, 11) is 0. The fraction of sp³-hybridized carbons (Fsp3) is 0.133. The van der Waals surface area contributed by atoms with Crippen LogP contribution >= 0.6 is 15.9 Å². The Kier molecular flexibility index (Phi) is 5.05. The molecule has 5 nitrogen and oxygen atoms in total. The van der Waals surface area contributed by atoms with E-state index < -0.39 is 5.97 Å². The van der Waals surface area contributed by atoms with Gasteiger partial charge in [-0.05, 0) is 42.5 Å². The van der Waals surface area contributed by atoms with Crippen molar-refractivity contribution < 1.29 is 19.4 Å². The van der Waals surface area contributed by atoms with E-state index in [1.54, 1.807) is 6.07 Å². The standard InChI is InChI=1S/C15H14BrNO4/c16-11-2-4-12(5-3-11)20-7-8-21-14-6-1-10(15(18)19)9-13(14)17/h1-6,9H,7-8,17H2,(H,18,19). The first-order chi connectivity index (χ1) is 10.1. The molecule has 0 heterocycles. The summed E-state index contributed by atoms with van der Waals surface area (Å²) in [5, 5.41) is 8.84. The maximum Gasteiger partial charge on any atom is 0.335 e. The van der Waals surface area contributed by atoms with Gasteiger partial charge in [0, 0.05) is 4.47 Å². The second-order valence-electron chi connectivity index (χ2n) is 4.21. The minimum atomic E-state index is -1.02. The highest BCUT2D eigenvalue weighted by molar-refractivity contribution is 9.10. The van der Waals surface area contributed by atoms with Crippen molar-refractivity contribution in [2.45, 2.75) is 0 Å². The van der Waals surface area contributed by atoms with Gasteiger partial charge in [-0.2, -0.15) is 0 Å². The van der Waals surface area contributed by atoms with E-state index in [1.807, 2.05) is 24.3 Å². The molecule has 3 N–H and O–H groups in total. The number of ether oxygens (including phenoxy) is 2. The zero-order valence-corrected chi connectivity index (χ0v) is 12.7. The van der Waals surface area contributed by atoms with Gasteiger partial charge < -0.3 is 20.3 Å². The summed E-state index contributed by atoms with van der Waals surface area (Å²) in [5.74, 6) is 0.169. The Morgan fingerprint density at radius 1 is 1.10 bits per heavy atom. The van der Waals surface area contributed by atoms with Gasteiger partial charge >= 0.3 is 5.97 Å². The molecular formula is C15H14BrNO4. The molecule has 0 radical (unpaired) electrons. The van der Waals surface area contributed by atoms with Crippen molar-refractivity contribution in [2.24, 2.45) is 0 Å². The first-order valence-electron chi connectivity index (χ1n) is 6.20. The lowest BCUT2D eigenvalue weighted by Gasteiger charge is -2.10. The molecule has 0 aliphatic rings. The Bertz CT molecular complexity index is 628. The van der Waals surface area contributed by atoms with Gasteiger partial charge in [0.2, 0.25) is 0 Å². The van der Waals surface area contributed by atoms with Gasteiger partial charge in [0.15, 0.2) is 0 Å². The Balaban J connectivity index is 1.83. The van der Waals surface area contributed by atoms with Gasteiger partial charge in [-0.1, -0.05) is 15.9 Å². The summed E-state index contributed by atoms with van der Waals surface area (Å²) in [4.78, 5) is 10.8. The summed E-state index contributed by atoms with van der Waals surface area (Å²) in [6.07, 6.45) is 0. The lowest BCUT2D eigenvalue weighted by Crippen LogP contribution is -2.10. The monoisotopic (exact) mass is 351 g/mol. The molecule has 2 aromatic carbocycles. The third-order valence-electron chi connectivity index (χ3n) is 2.68. The first kappa shape index (κ1) is 15.2. The van der Waals surface area contributed by atoms with Crippen molar-refractivity contribution >= 4 is 27.6 Å². The van der Waals surface area contributed by atoms with Gasteiger partial charge in [-0.3, -0.25) is 0 Å². The van der Waals surface area contributed by atoms with E-state index in [4.69, 9.17) is 20.3 Å². The summed E-state index contributed by atoms with van der Waals surface area (Å²) in [5.41, 5.74) is 6.16. The largest absolute Gasteiger partial charge is 0.490 e. The number of hydrogen-bond acceptors (Lipinski definition) is 4. The molecule has 2 rings (SSSR count). The Morgan fingerprint density at radius 3 is 2.38 bits per heavy atom. The van der Waals surface area contributed by atoms with Crippen LogP contribution in [-0.4, -0.2) is 24.3 Å². The molecule has 0 bridgehead atoms. The summed E-state index contributed by atoms with van der Waals surface area (Å²) in [6, 6.07) is 11.8. The molecule has 0 saturated carbocycles. The van der Waals surface area contributed by atoms with E-state index in [0.29, 0.717) is 24.7 Å². The quantitative estimate of drug-likeness (QED) is 0.616. The van der Waals surface area contributed by atoms with Crippen LogP contribution in [0.4, 0.5) is 5.69 Å². The predicted octanol–water partition coefficient (Wildman–Crippen LogP) is 3.19. The summed E-state index contributed by atoms with van der Waals surface area (Å²) < 4.78 is 12.0. The average molecular weight is 352 g/mol. The minimum Gasteiger partial charge on any atom is -0.490 e. The first-order valence-corrected chi connectivity index (χ1v) is 6.99. The maximum atomic E-state index is 10.8. The number of hydrogen-bond donors (Lipinski definition) is 2. The fourth-order valence-electron chi connectivity index (χ4n) is 1.65. The van der Waals surface area contributed by atoms with Gasteiger partial charge in [0.25, 0.3) is 0 Å². The second-order valence-corrected chi connectivity index (χ2v) is 5.12. The van der Waals surface area contributed by atoms with Crippen LogP contribution in [0.15, 0.2) is 46.9 Å². The fourth-order valence-corrected chi connectivity index (χ4v) is 1.92. The number of halogens is 1. The van der Waals surface area contributed by atoms with E-state index in [1.165, 1.54) is 12.1 Å². The molecule has 0 unspecified atom stereocenters. The van der Waals surface area contributed by atoms with Gasteiger partial charge in [-0.15, -0.1) is 0 Å². The number of anilines is 1. The van der Waals surface area contributed by atoms with E-state index in [2.05, 4.69) is 15.9 Å². The Morgan fingerprint density at radius 2 is 1.76 bits per heavy atom. The zero-order valence-electron chi connectivity index (χ0n) is 11.1. The molecule has 0 saturated heterocycles. The lowest BCUT2D eigenvalue weighted by atomic mass is 10.2. The Hall–Kier alpha value is -2.21. The highest BCUT2D eigenvalue weighted by Gasteiger charge is 2.07. The molecule has 0 aromatic heterocycles. The third-order valence-corrected chi connectivity index (χ3v) is 3.21. The highest BCUT2D eigenvalue weighted by Crippen LogP contribution is 2.22. The van der Waals surface area contributed by atoms with E-state index >= 15 is 0 Å². The second kappa shape index (κ2) is 6.99. The van der Waals surface area contributed by atoms with Crippen molar-refractivity contribution in [1.29, 1.82) is 0 Å². The average Bonchev–Trinajstić information content (AvgIpc) is 2.46. The van der Waals surface area contributed by atoms with Crippen molar-refractivity contribution in [1.82, 2.24) is 0 Å². The molecule has 0 aliphatic carbocycles. The minimum absolute atomic E-state index is 0.131. The lowest BCUT2D eigenvalue weighted by molar-refractivity contribution is 0.0697. The summed E-state index contributed by atoms with van der Waals surface area (Å²) in [6.45, 7) is 0.675. The topological polar surface area (TPSA) is 81.8 Å². The van der Waals surface area contributed by atoms with Crippen LogP contribution in [0.2, 0.25) is 0 Å². The molecule has 0 amide bonds. The van der Waals surface area contributed by atoms with Crippen molar-refractivity contribution in [3.63, 3.8) is 0 Å². The number of rotatable bonds is 6. The summed E-state index contributed by atoms with van der Waals surface area (Å²) >= 11 is 3.35. The molecule has 0 fully saturated rings. The molecule has 2 aromatic rings. The number of carboxylic acid groups (broad SMARTS) is 1. The van der Waals surface area contributed by atoms with Gasteiger partial charge in [-0.25, -0.2) is 4.79 Å². The number of carbonyl (C=O) groups is 1. The van der Waals surface area contributed by atoms with Crippen LogP contribution in [0.3, 0.4) is 0 Å². The van der Waals surface area contributed by atoms with Gasteiger partial charge in [0.05, 0.1) is 11.3 Å². The van der Waals surface area contributed by atoms with Crippen molar-refractivity contribution in [3.05, 3.63) is 52.5 Å². The van der Waals surface area contributed by atoms with Gasteiger partial charge in [0.1, 0.15) is 24.7 Å². The predicted molar refractivity (Wildman–Crippen MR) is 82.9 cm³/mol. The van der Waals surface area contributed by atoms with Crippen LogP contribution in [0.1, 0.15) is 10.4 Å². The molecule has 6 heteroatoms. The molecular weight excluding hydrogens is 338 g/mol. The molecule has 0 spiro atoms. The molecule has 0 atom stereocenters. The number of benzene rings is 2. The molecule has 110 valence electrons. The normalized spacial score (nSPS) is 10.1. The number of carboxylic acids is 1. The number of nitrogen functional groups attached to an aromatic ring is 1. The van der Waals surface area contributed by atoms with Crippen LogP contribution in [-0.2, 0) is 0 Å². The number of nitrogens with two attached hydrogens (primary N) is 1. The van der Waals surface area contributed by atoms with Crippen molar-refractivity contribution in [3.8, 4) is 11.5 Å².